The molecule has 2 amide bonds. The summed E-state index contributed by atoms with van der Waals surface area (Å²) < 4.78 is 11.4. The van der Waals surface area contributed by atoms with Gasteiger partial charge in [0.15, 0.2) is 11.5 Å². The standard InChI is InChI=1S/C17H25N3O4/c1-12(2)19-17(22)10-20(3)9-16(21)18-8-13-11-23-14-6-4-5-7-15(14)24-13/h4-7,12-13H,8-11H2,1-3H3,(H,18,21)(H,19,22)/t13-/m0/s1. The van der Waals surface area contributed by atoms with Crippen molar-refractivity contribution in [3.05, 3.63) is 24.3 Å². The molecule has 7 heteroatoms. The molecule has 1 aliphatic rings. The third-order valence-corrected chi connectivity index (χ3v) is 3.37. The quantitative estimate of drug-likeness (QED) is 0.754. The summed E-state index contributed by atoms with van der Waals surface area (Å²) in [6, 6.07) is 7.53. The Bertz CT molecular complexity index is 577. The maximum absolute atomic E-state index is 12.0. The van der Waals surface area contributed by atoms with Crippen LogP contribution in [0.1, 0.15) is 13.8 Å². The molecule has 1 heterocycles. The first kappa shape index (κ1) is 18.1. The largest absolute Gasteiger partial charge is 0.486 e. The minimum Gasteiger partial charge on any atom is -0.486 e. The Hall–Kier alpha value is -2.28. The van der Waals surface area contributed by atoms with Crippen LogP contribution in [0.4, 0.5) is 0 Å². The molecule has 1 atom stereocenters. The molecule has 7 nitrogen and oxygen atoms in total. The van der Waals surface area contributed by atoms with E-state index in [9.17, 15) is 9.59 Å². The Morgan fingerprint density at radius 3 is 2.58 bits per heavy atom. The highest BCUT2D eigenvalue weighted by Crippen LogP contribution is 2.30. The number of carbonyl (C=O) groups excluding carboxylic acids is 2. The Morgan fingerprint density at radius 1 is 1.21 bits per heavy atom. The molecule has 2 rings (SSSR count). The molecular weight excluding hydrogens is 310 g/mol. The van der Waals surface area contributed by atoms with E-state index in [0.717, 1.165) is 5.75 Å². The van der Waals surface area contributed by atoms with Crippen molar-refractivity contribution >= 4 is 11.8 Å². The van der Waals surface area contributed by atoms with Crippen molar-refractivity contribution < 1.29 is 19.1 Å². The van der Waals surface area contributed by atoms with Crippen LogP contribution >= 0.6 is 0 Å². The second-order valence-electron chi connectivity index (χ2n) is 6.20. The lowest BCUT2D eigenvalue weighted by Crippen LogP contribution is -2.45. The number of hydrogen-bond acceptors (Lipinski definition) is 5. The molecule has 0 saturated carbocycles. The number of hydrogen-bond donors (Lipinski definition) is 2. The van der Waals surface area contributed by atoms with Crippen LogP contribution in [0.5, 0.6) is 11.5 Å². The SMILES string of the molecule is CC(C)NC(=O)CN(C)CC(=O)NC[C@H]1COc2ccccc2O1. The van der Waals surface area contributed by atoms with Gasteiger partial charge in [0, 0.05) is 6.04 Å². The minimum absolute atomic E-state index is 0.0889. The van der Waals surface area contributed by atoms with Gasteiger partial charge in [-0.05, 0) is 33.0 Å². The highest BCUT2D eigenvalue weighted by Gasteiger charge is 2.21. The van der Waals surface area contributed by atoms with Crippen LogP contribution in [0.3, 0.4) is 0 Å². The summed E-state index contributed by atoms with van der Waals surface area (Å²) in [6.07, 6.45) is -0.224. The Kier molecular flexibility index (Phi) is 6.43. The summed E-state index contributed by atoms with van der Waals surface area (Å²) in [5.41, 5.74) is 0. The van der Waals surface area contributed by atoms with Gasteiger partial charge in [-0.15, -0.1) is 0 Å². The molecular formula is C17H25N3O4. The zero-order chi connectivity index (χ0) is 17.5. The van der Waals surface area contributed by atoms with Gasteiger partial charge < -0.3 is 20.1 Å². The molecule has 1 aromatic rings. The van der Waals surface area contributed by atoms with Crippen LogP contribution < -0.4 is 20.1 Å². The monoisotopic (exact) mass is 335 g/mol. The van der Waals surface area contributed by atoms with Crippen molar-refractivity contribution in [1.82, 2.24) is 15.5 Å². The topological polar surface area (TPSA) is 79.9 Å². The van der Waals surface area contributed by atoms with E-state index in [1.54, 1.807) is 11.9 Å². The predicted octanol–water partition coefficient (Wildman–Crippen LogP) is 0.399. The number of carbonyl (C=O) groups is 2. The zero-order valence-corrected chi connectivity index (χ0v) is 14.4. The van der Waals surface area contributed by atoms with Gasteiger partial charge in [0.1, 0.15) is 12.7 Å². The molecule has 0 aliphatic carbocycles. The van der Waals surface area contributed by atoms with Crippen LogP contribution in [0.2, 0.25) is 0 Å². The number of rotatable bonds is 7. The molecule has 24 heavy (non-hydrogen) atoms. The summed E-state index contributed by atoms with van der Waals surface area (Å²) >= 11 is 0. The van der Waals surface area contributed by atoms with Crippen LogP contribution in [0.15, 0.2) is 24.3 Å². The van der Waals surface area contributed by atoms with Crippen molar-refractivity contribution in [2.75, 3.05) is 33.3 Å². The summed E-state index contributed by atoms with van der Waals surface area (Å²) in [4.78, 5) is 25.3. The van der Waals surface area contributed by atoms with Gasteiger partial charge in [0.05, 0.1) is 19.6 Å². The van der Waals surface area contributed by atoms with Gasteiger partial charge in [-0.1, -0.05) is 12.1 Å². The van der Waals surface area contributed by atoms with E-state index < -0.39 is 0 Å². The highest BCUT2D eigenvalue weighted by molar-refractivity contribution is 5.81. The molecule has 0 bridgehead atoms. The van der Waals surface area contributed by atoms with Gasteiger partial charge in [0.25, 0.3) is 0 Å². The van der Waals surface area contributed by atoms with E-state index in [2.05, 4.69) is 10.6 Å². The molecule has 1 aromatic carbocycles. The second kappa shape index (κ2) is 8.54. The number of nitrogens with one attached hydrogen (secondary N) is 2. The lowest BCUT2D eigenvalue weighted by molar-refractivity contribution is -0.125. The Balaban J connectivity index is 1.69. The van der Waals surface area contributed by atoms with E-state index >= 15 is 0 Å². The smallest absolute Gasteiger partial charge is 0.234 e. The fourth-order valence-corrected chi connectivity index (χ4v) is 2.36. The minimum atomic E-state index is -0.224. The maximum atomic E-state index is 12.0. The molecule has 0 saturated heterocycles. The molecule has 0 fully saturated rings. The summed E-state index contributed by atoms with van der Waals surface area (Å²) in [6.45, 7) is 4.88. The fourth-order valence-electron chi connectivity index (χ4n) is 2.36. The first-order valence-corrected chi connectivity index (χ1v) is 8.07. The predicted molar refractivity (Wildman–Crippen MR) is 90.1 cm³/mol. The van der Waals surface area contributed by atoms with Gasteiger partial charge in [-0.3, -0.25) is 14.5 Å². The number of benzene rings is 1. The van der Waals surface area contributed by atoms with E-state index in [1.807, 2.05) is 38.1 Å². The van der Waals surface area contributed by atoms with Crippen LogP contribution in [0, 0.1) is 0 Å². The third-order valence-electron chi connectivity index (χ3n) is 3.37. The molecule has 2 N–H and O–H groups in total. The van der Waals surface area contributed by atoms with E-state index in [0.29, 0.717) is 18.9 Å². The van der Waals surface area contributed by atoms with Crippen LogP contribution in [0.25, 0.3) is 0 Å². The van der Waals surface area contributed by atoms with Crippen molar-refractivity contribution in [3.8, 4) is 11.5 Å². The lowest BCUT2D eigenvalue weighted by Gasteiger charge is -2.26. The fraction of sp³-hybridized carbons (Fsp3) is 0.529. The highest BCUT2D eigenvalue weighted by atomic mass is 16.6. The number of fused-ring (bicyclic) bond motifs is 1. The van der Waals surface area contributed by atoms with Gasteiger partial charge in [0.2, 0.25) is 11.8 Å². The number of nitrogens with zero attached hydrogens (tertiary/aromatic N) is 1. The first-order valence-electron chi connectivity index (χ1n) is 8.07. The van der Waals surface area contributed by atoms with E-state index in [4.69, 9.17) is 9.47 Å². The van der Waals surface area contributed by atoms with Crippen LogP contribution in [-0.4, -0.2) is 62.1 Å². The van der Waals surface area contributed by atoms with Gasteiger partial charge in [-0.25, -0.2) is 0 Å². The number of likely N-dealkylation sites (N-methyl/N-ethyl adjacent to an activating group) is 1. The van der Waals surface area contributed by atoms with Crippen molar-refractivity contribution in [2.24, 2.45) is 0 Å². The van der Waals surface area contributed by atoms with Gasteiger partial charge in [-0.2, -0.15) is 0 Å². The van der Waals surface area contributed by atoms with E-state index in [1.165, 1.54) is 0 Å². The molecule has 0 radical (unpaired) electrons. The Morgan fingerprint density at radius 2 is 1.88 bits per heavy atom. The van der Waals surface area contributed by atoms with E-state index in [-0.39, 0.29) is 37.0 Å². The molecule has 0 spiro atoms. The molecule has 0 aromatic heterocycles. The Labute approximate surface area is 142 Å². The lowest BCUT2D eigenvalue weighted by atomic mass is 10.2. The number of para-hydroxylation sites is 2. The number of ether oxygens (including phenoxy) is 2. The second-order valence-corrected chi connectivity index (χ2v) is 6.20. The third kappa shape index (κ3) is 5.73. The maximum Gasteiger partial charge on any atom is 0.234 e. The van der Waals surface area contributed by atoms with Crippen LogP contribution in [-0.2, 0) is 9.59 Å². The average molecular weight is 335 g/mol. The average Bonchev–Trinajstić information content (AvgIpc) is 2.51. The van der Waals surface area contributed by atoms with Crippen molar-refractivity contribution in [2.45, 2.75) is 26.0 Å². The first-order chi connectivity index (χ1) is 11.4. The summed E-state index contributed by atoms with van der Waals surface area (Å²) in [5, 5.41) is 5.60. The van der Waals surface area contributed by atoms with Crippen molar-refractivity contribution in [3.63, 3.8) is 0 Å². The van der Waals surface area contributed by atoms with Crippen molar-refractivity contribution in [1.29, 1.82) is 0 Å². The summed E-state index contributed by atoms with van der Waals surface area (Å²) in [5.74, 6) is 1.15. The summed E-state index contributed by atoms with van der Waals surface area (Å²) in [7, 11) is 1.73. The number of amides is 2. The molecule has 1 aliphatic heterocycles. The normalized spacial score (nSPS) is 16.1. The van der Waals surface area contributed by atoms with Gasteiger partial charge >= 0.3 is 0 Å². The molecule has 132 valence electrons. The zero-order valence-electron chi connectivity index (χ0n) is 14.4. The molecule has 0 unspecified atom stereocenters.